The quantitative estimate of drug-likeness (QED) is 0.162. The molecule has 2 heterocycles. The molecule has 286 valence electrons. The van der Waals surface area contributed by atoms with Crippen molar-refractivity contribution in [1.29, 1.82) is 0 Å². The summed E-state index contributed by atoms with van der Waals surface area (Å²) in [7, 11) is 0. The Balaban J connectivity index is 2.05. The number of thioether (sulfide) groups is 1. The number of carbonyl (C=O) groups excluding carboxylic acids is 8. The van der Waals surface area contributed by atoms with Crippen LogP contribution < -0.4 is 37.6 Å². The van der Waals surface area contributed by atoms with E-state index in [0.29, 0.717) is 30.6 Å². The van der Waals surface area contributed by atoms with Gasteiger partial charge in [0.25, 0.3) is 0 Å². The van der Waals surface area contributed by atoms with E-state index in [0.717, 1.165) is 0 Å². The summed E-state index contributed by atoms with van der Waals surface area (Å²) in [5, 5.41) is 15.7. The topological polar surface area (TPSA) is 238 Å². The molecule has 17 heteroatoms. The number of nitrogens with one attached hydrogen (secondary N) is 6. The molecule has 16 nitrogen and oxygen atoms in total. The van der Waals surface area contributed by atoms with Crippen molar-refractivity contribution in [3.8, 4) is 0 Å². The first-order valence-corrected chi connectivity index (χ1v) is 19.0. The molecule has 8 amide bonds. The van der Waals surface area contributed by atoms with Crippen LogP contribution in [0.15, 0.2) is 30.3 Å². The zero-order valence-corrected chi connectivity index (χ0v) is 31.2. The monoisotopic (exact) mass is 744 g/mol. The van der Waals surface area contributed by atoms with Gasteiger partial charge in [-0.05, 0) is 56.6 Å². The van der Waals surface area contributed by atoms with Crippen LogP contribution in [0.1, 0.15) is 65.4 Å². The summed E-state index contributed by atoms with van der Waals surface area (Å²) < 4.78 is 0. The summed E-state index contributed by atoms with van der Waals surface area (Å²) in [5.74, 6) is -5.59. The normalized spacial score (nSPS) is 27.8. The predicted octanol–water partition coefficient (Wildman–Crippen LogP) is -1.14. The van der Waals surface area contributed by atoms with Crippen molar-refractivity contribution in [3.05, 3.63) is 35.9 Å². The molecular formula is C35H52N8O8S. The van der Waals surface area contributed by atoms with Crippen LogP contribution in [0.2, 0.25) is 0 Å². The Hall–Kier alpha value is -4.67. The summed E-state index contributed by atoms with van der Waals surface area (Å²) in [4.78, 5) is 109. The second kappa shape index (κ2) is 19.8. The maximum Gasteiger partial charge on any atom is 0.246 e. The van der Waals surface area contributed by atoms with Crippen molar-refractivity contribution < 1.29 is 38.4 Å². The van der Waals surface area contributed by atoms with Crippen LogP contribution in [0.25, 0.3) is 0 Å². The minimum Gasteiger partial charge on any atom is -0.370 e. The Labute approximate surface area is 308 Å². The van der Waals surface area contributed by atoms with E-state index in [9.17, 15) is 38.4 Å². The van der Waals surface area contributed by atoms with Crippen LogP contribution in [0.3, 0.4) is 0 Å². The lowest BCUT2D eigenvalue weighted by atomic mass is 9.96. The van der Waals surface area contributed by atoms with Crippen LogP contribution in [0.5, 0.6) is 0 Å². The summed E-state index contributed by atoms with van der Waals surface area (Å²) in [5.41, 5.74) is 6.11. The molecule has 0 spiro atoms. The van der Waals surface area contributed by atoms with E-state index in [1.54, 1.807) is 37.3 Å². The first-order chi connectivity index (χ1) is 24.7. The van der Waals surface area contributed by atoms with E-state index in [-0.39, 0.29) is 25.3 Å². The van der Waals surface area contributed by atoms with Gasteiger partial charge in [0.15, 0.2) is 0 Å². The van der Waals surface area contributed by atoms with E-state index in [1.807, 2.05) is 13.2 Å². The van der Waals surface area contributed by atoms with Gasteiger partial charge in [-0.2, -0.15) is 11.8 Å². The molecule has 1 aromatic carbocycles. The minimum absolute atomic E-state index is 0.00466. The van der Waals surface area contributed by atoms with Crippen molar-refractivity contribution in [1.82, 2.24) is 36.8 Å². The van der Waals surface area contributed by atoms with Gasteiger partial charge in [0.2, 0.25) is 47.3 Å². The number of carbonyl (C=O) groups is 8. The predicted molar refractivity (Wildman–Crippen MR) is 194 cm³/mol. The Kier molecular flexibility index (Phi) is 15.9. The third-order valence-electron chi connectivity index (χ3n) is 9.32. The van der Waals surface area contributed by atoms with E-state index >= 15 is 0 Å². The molecule has 8 atom stereocenters. The number of primary amides is 1. The highest BCUT2D eigenvalue weighted by Gasteiger charge is 2.41. The molecule has 0 aromatic heterocycles. The van der Waals surface area contributed by atoms with Gasteiger partial charge >= 0.3 is 0 Å². The van der Waals surface area contributed by atoms with Gasteiger partial charge < -0.3 is 42.5 Å². The van der Waals surface area contributed by atoms with Gasteiger partial charge in [0.1, 0.15) is 42.3 Å². The number of nitrogens with zero attached hydrogens (tertiary/aromatic N) is 1. The van der Waals surface area contributed by atoms with Gasteiger partial charge in [-0.15, -0.1) is 0 Å². The molecule has 2 saturated heterocycles. The highest BCUT2D eigenvalue weighted by Crippen LogP contribution is 2.22. The van der Waals surface area contributed by atoms with Crippen molar-refractivity contribution in [2.45, 2.75) is 109 Å². The SMILES string of the molecule is CCC(C)[C@@H]1NC(=O)[C@H](C)NC(=O)[C@H](CCSC)NC(=O)[C@H](C)NC(=O)[C@@H](CC(N)=O)NC(=O)[C@H](Cc2ccccc2)NC(=O)[C@@H]2CCCN2C1=O. The molecule has 0 radical (unpaired) electrons. The standard InChI is InChI=1S/C35H52N8O8S/c1-6-19(2)28-35(51)43-15-10-13-26(43)34(50)41-24(17-22-11-8-7-9-12-22)33(49)40-25(18-27(36)44)32(48)38-20(3)29(45)39-23(14-16-52-5)31(47)37-21(4)30(46)42-28/h7-9,11-12,19-21,23-26,28H,6,10,13-18H2,1-5H3,(H2,36,44)(H,37,47)(H,38,48)(H,39,45)(H,40,49)(H,41,50)(H,42,46)/t19?,20-,21-,23-,24-,25+,26-,28-/m0/s1. The highest BCUT2D eigenvalue weighted by atomic mass is 32.2. The smallest absolute Gasteiger partial charge is 0.246 e. The van der Waals surface area contributed by atoms with Crippen LogP contribution in [-0.2, 0) is 44.8 Å². The number of amides is 8. The maximum atomic E-state index is 14.1. The molecule has 1 aromatic rings. The average molecular weight is 745 g/mol. The zero-order chi connectivity index (χ0) is 38.5. The van der Waals surface area contributed by atoms with Crippen LogP contribution in [0, 0.1) is 5.92 Å². The first-order valence-electron chi connectivity index (χ1n) is 17.6. The van der Waals surface area contributed by atoms with Crippen molar-refractivity contribution in [2.75, 3.05) is 18.6 Å². The number of benzene rings is 1. The Morgan fingerprint density at radius 2 is 1.37 bits per heavy atom. The fraction of sp³-hybridized carbons (Fsp3) is 0.600. The summed E-state index contributed by atoms with van der Waals surface area (Å²) in [6.07, 6.45) is 2.72. The number of rotatable bonds is 9. The molecule has 1 unspecified atom stereocenters. The van der Waals surface area contributed by atoms with E-state index < -0.39 is 96.0 Å². The largest absolute Gasteiger partial charge is 0.370 e. The first kappa shape index (κ1) is 41.7. The van der Waals surface area contributed by atoms with Crippen molar-refractivity contribution >= 4 is 59.0 Å². The fourth-order valence-electron chi connectivity index (χ4n) is 6.01. The minimum atomic E-state index is -1.51. The molecule has 2 aliphatic rings. The molecule has 0 bridgehead atoms. The molecule has 0 aliphatic carbocycles. The number of hydrogen-bond donors (Lipinski definition) is 7. The van der Waals surface area contributed by atoms with Crippen LogP contribution in [0.4, 0.5) is 0 Å². The Morgan fingerprint density at radius 3 is 1.96 bits per heavy atom. The maximum absolute atomic E-state index is 14.1. The number of fused-ring (bicyclic) bond motifs is 1. The van der Waals surface area contributed by atoms with Crippen molar-refractivity contribution in [3.63, 3.8) is 0 Å². The van der Waals surface area contributed by atoms with Gasteiger partial charge in [-0.1, -0.05) is 50.6 Å². The zero-order valence-electron chi connectivity index (χ0n) is 30.4. The second-order valence-electron chi connectivity index (χ2n) is 13.3. The number of nitrogens with two attached hydrogens (primary N) is 1. The average Bonchev–Trinajstić information content (AvgIpc) is 3.61. The molecule has 2 fully saturated rings. The van der Waals surface area contributed by atoms with Crippen molar-refractivity contribution in [2.24, 2.45) is 11.7 Å². The lowest BCUT2D eigenvalue weighted by Gasteiger charge is -2.32. The Bertz CT molecular complexity index is 1480. The molecular weight excluding hydrogens is 692 g/mol. The highest BCUT2D eigenvalue weighted by molar-refractivity contribution is 7.98. The third-order valence-corrected chi connectivity index (χ3v) is 9.96. The van der Waals surface area contributed by atoms with Gasteiger partial charge in [0.05, 0.1) is 6.42 Å². The summed E-state index contributed by atoms with van der Waals surface area (Å²) in [6.45, 7) is 6.71. The third kappa shape index (κ3) is 11.7. The lowest BCUT2D eigenvalue weighted by Crippen LogP contribution is -2.60. The van der Waals surface area contributed by atoms with Gasteiger partial charge in [0, 0.05) is 13.0 Å². The van der Waals surface area contributed by atoms with E-state index in [4.69, 9.17) is 5.73 Å². The van der Waals surface area contributed by atoms with Crippen LogP contribution in [-0.4, -0.2) is 113 Å². The summed E-state index contributed by atoms with van der Waals surface area (Å²) >= 11 is 1.44. The molecule has 0 saturated carbocycles. The van der Waals surface area contributed by atoms with E-state index in [2.05, 4.69) is 31.9 Å². The van der Waals surface area contributed by atoms with Gasteiger partial charge in [-0.25, -0.2) is 0 Å². The molecule has 2 aliphatic heterocycles. The fourth-order valence-corrected chi connectivity index (χ4v) is 6.48. The van der Waals surface area contributed by atoms with E-state index in [1.165, 1.54) is 30.5 Å². The molecule has 8 N–H and O–H groups in total. The molecule has 52 heavy (non-hydrogen) atoms. The second-order valence-corrected chi connectivity index (χ2v) is 14.3. The molecule has 3 rings (SSSR count). The number of hydrogen-bond acceptors (Lipinski definition) is 9. The Morgan fingerprint density at radius 1 is 0.808 bits per heavy atom. The van der Waals surface area contributed by atoms with Crippen LogP contribution >= 0.6 is 11.8 Å². The summed E-state index contributed by atoms with van der Waals surface area (Å²) in [6, 6.07) is 0.650. The van der Waals surface area contributed by atoms with Gasteiger partial charge in [-0.3, -0.25) is 38.4 Å². The lowest BCUT2D eigenvalue weighted by molar-refractivity contribution is -0.143.